The molecule has 0 bridgehead atoms. The predicted octanol–water partition coefficient (Wildman–Crippen LogP) is 1.53. The Bertz CT molecular complexity index is 599. The van der Waals surface area contributed by atoms with Crippen LogP contribution in [-0.4, -0.2) is 15.0 Å². The molecule has 0 aliphatic rings. The molecule has 2 heterocycles. The maximum absolute atomic E-state index is 5.73. The van der Waals surface area contributed by atoms with E-state index in [9.17, 15) is 0 Å². The van der Waals surface area contributed by atoms with Crippen molar-refractivity contribution < 1.29 is 4.74 Å². The lowest BCUT2D eigenvalue weighted by molar-refractivity contribution is 0.470. The molecule has 2 rings (SSSR count). The maximum Gasteiger partial charge on any atom is 0.222 e. The monoisotopic (exact) mass is 260 g/mol. The summed E-state index contributed by atoms with van der Waals surface area (Å²) in [5, 5.41) is 0. The average molecular weight is 260 g/mol. The molecule has 0 aromatic carbocycles. The third kappa shape index (κ3) is 2.82. The number of aromatic nitrogens is 3. The molecule has 7 nitrogen and oxygen atoms in total. The Labute approximate surface area is 110 Å². The highest BCUT2D eigenvalue weighted by atomic mass is 16.5. The molecule has 0 radical (unpaired) electrons. The molecule has 0 saturated carbocycles. The van der Waals surface area contributed by atoms with E-state index in [1.54, 1.807) is 12.3 Å². The van der Waals surface area contributed by atoms with Crippen molar-refractivity contribution in [3.05, 3.63) is 24.0 Å². The van der Waals surface area contributed by atoms with Crippen LogP contribution in [0.5, 0.6) is 11.5 Å². The van der Waals surface area contributed by atoms with Gasteiger partial charge in [-0.2, -0.15) is 4.98 Å². The Morgan fingerprint density at radius 2 is 1.79 bits per heavy atom. The standard InChI is InChI=1S/C12H16N6O/c1-6(2)7-4-16-10(13)3-8(7)19-9-5-17-12(15)18-11(9)14/h3-6H,1-2H3,(H2,13,16)(H4,14,15,17,18). The highest BCUT2D eigenvalue weighted by Crippen LogP contribution is 2.32. The number of ether oxygens (including phenoxy) is 1. The molecule has 0 aliphatic heterocycles. The van der Waals surface area contributed by atoms with Gasteiger partial charge in [-0.1, -0.05) is 13.8 Å². The second-order valence-corrected chi connectivity index (χ2v) is 4.38. The lowest BCUT2D eigenvalue weighted by atomic mass is 10.0. The van der Waals surface area contributed by atoms with Gasteiger partial charge >= 0.3 is 0 Å². The number of pyridine rings is 1. The fraction of sp³-hybridized carbons (Fsp3) is 0.250. The van der Waals surface area contributed by atoms with E-state index in [1.165, 1.54) is 6.20 Å². The fourth-order valence-corrected chi connectivity index (χ4v) is 1.58. The topological polar surface area (TPSA) is 126 Å². The summed E-state index contributed by atoms with van der Waals surface area (Å²) in [5.41, 5.74) is 17.8. The van der Waals surface area contributed by atoms with E-state index in [-0.39, 0.29) is 17.7 Å². The number of nitrogens with zero attached hydrogens (tertiary/aromatic N) is 3. The van der Waals surface area contributed by atoms with Gasteiger partial charge < -0.3 is 21.9 Å². The van der Waals surface area contributed by atoms with Gasteiger partial charge in [-0.15, -0.1) is 0 Å². The van der Waals surface area contributed by atoms with Crippen LogP contribution >= 0.6 is 0 Å². The van der Waals surface area contributed by atoms with Crippen molar-refractivity contribution in [1.82, 2.24) is 15.0 Å². The Balaban J connectivity index is 2.39. The molecule has 0 spiro atoms. The van der Waals surface area contributed by atoms with Crippen molar-refractivity contribution in [2.45, 2.75) is 19.8 Å². The van der Waals surface area contributed by atoms with E-state index in [0.29, 0.717) is 17.3 Å². The van der Waals surface area contributed by atoms with E-state index in [2.05, 4.69) is 15.0 Å². The molecule has 7 heteroatoms. The lowest BCUT2D eigenvalue weighted by Crippen LogP contribution is -2.03. The minimum absolute atomic E-state index is 0.100. The summed E-state index contributed by atoms with van der Waals surface area (Å²) in [6.07, 6.45) is 3.11. The summed E-state index contributed by atoms with van der Waals surface area (Å²) in [5.74, 6) is 1.80. The first-order valence-corrected chi connectivity index (χ1v) is 5.78. The van der Waals surface area contributed by atoms with Gasteiger partial charge in [-0.25, -0.2) is 9.97 Å². The van der Waals surface area contributed by atoms with Gasteiger partial charge in [0, 0.05) is 17.8 Å². The number of rotatable bonds is 3. The first-order chi connectivity index (χ1) is 8.97. The van der Waals surface area contributed by atoms with E-state index in [1.807, 2.05) is 13.8 Å². The van der Waals surface area contributed by atoms with E-state index in [0.717, 1.165) is 5.56 Å². The summed E-state index contributed by atoms with van der Waals surface area (Å²) < 4.78 is 5.71. The molecule has 2 aromatic rings. The van der Waals surface area contributed by atoms with Crippen LogP contribution < -0.4 is 21.9 Å². The summed E-state index contributed by atoms with van der Waals surface area (Å²) in [7, 11) is 0. The van der Waals surface area contributed by atoms with Crippen molar-refractivity contribution in [1.29, 1.82) is 0 Å². The van der Waals surface area contributed by atoms with E-state index in [4.69, 9.17) is 21.9 Å². The Hall–Kier alpha value is -2.57. The van der Waals surface area contributed by atoms with Crippen LogP contribution in [0.25, 0.3) is 0 Å². The maximum atomic E-state index is 5.73. The molecule has 0 saturated heterocycles. The molecule has 6 N–H and O–H groups in total. The molecule has 0 amide bonds. The molecule has 100 valence electrons. The van der Waals surface area contributed by atoms with Gasteiger partial charge in [0.1, 0.15) is 11.6 Å². The zero-order chi connectivity index (χ0) is 14.0. The van der Waals surface area contributed by atoms with Crippen LogP contribution in [0.15, 0.2) is 18.5 Å². The zero-order valence-corrected chi connectivity index (χ0v) is 10.8. The van der Waals surface area contributed by atoms with Gasteiger partial charge in [0.15, 0.2) is 11.6 Å². The average Bonchev–Trinajstić information content (AvgIpc) is 2.32. The zero-order valence-electron chi connectivity index (χ0n) is 10.8. The van der Waals surface area contributed by atoms with Crippen molar-refractivity contribution >= 4 is 17.6 Å². The molecule has 0 aliphatic carbocycles. The Morgan fingerprint density at radius 3 is 2.42 bits per heavy atom. The van der Waals surface area contributed by atoms with Crippen LogP contribution in [-0.2, 0) is 0 Å². The predicted molar refractivity (Wildman–Crippen MR) is 73.7 cm³/mol. The second kappa shape index (κ2) is 4.97. The third-order valence-electron chi connectivity index (χ3n) is 2.56. The number of nitrogen functional groups attached to an aromatic ring is 3. The largest absolute Gasteiger partial charge is 0.451 e. The van der Waals surface area contributed by atoms with Crippen LogP contribution in [0.3, 0.4) is 0 Å². The van der Waals surface area contributed by atoms with Gasteiger partial charge in [0.25, 0.3) is 0 Å². The second-order valence-electron chi connectivity index (χ2n) is 4.38. The number of anilines is 3. The van der Waals surface area contributed by atoms with Gasteiger partial charge in [-0.3, -0.25) is 0 Å². The molecular weight excluding hydrogens is 244 g/mol. The highest BCUT2D eigenvalue weighted by Gasteiger charge is 2.12. The van der Waals surface area contributed by atoms with Crippen LogP contribution in [0.2, 0.25) is 0 Å². The lowest BCUT2D eigenvalue weighted by Gasteiger charge is -2.14. The fourth-order valence-electron chi connectivity index (χ4n) is 1.58. The summed E-state index contributed by atoms with van der Waals surface area (Å²) in [4.78, 5) is 11.7. The molecule has 19 heavy (non-hydrogen) atoms. The minimum Gasteiger partial charge on any atom is -0.451 e. The number of hydrogen-bond donors (Lipinski definition) is 3. The van der Waals surface area contributed by atoms with Crippen LogP contribution in [0, 0.1) is 0 Å². The number of hydrogen-bond acceptors (Lipinski definition) is 7. The van der Waals surface area contributed by atoms with E-state index < -0.39 is 0 Å². The van der Waals surface area contributed by atoms with Crippen molar-refractivity contribution in [3.63, 3.8) is 0 Å². The molecule has 0 atom stereocenters. The summed E-state index contributed by atoms with van der Waals surface area (Å²) >= 11 is 0. The van der Waals surface area contributed by atoms with Crippen LogP contribution in [0.4, 0.5) is 17.6 Å². The number of nitrogens with two attached hydrogens (primary N) is 3. The quantitative estimate of drug-likeness (QED) is 0.763. The molecular formula is C12H16N6O. The smallest absolute Gasteiger partial charge is 0.222 e. The van der Waals surface area contributed by atoms with Crippen molar-refractivity contribution in [3.8, 4) is 11.5 Å². The van der Waals surface area contributed by atoms with Crippen LogP contribution in [0.1, 0.15) is 25.3 Å². The first-order valence-electron chi connectivity index (χ1n) is 5.78. The highest BCUT2D eigenvalue weighted by molar-refractivity contribution is 5.51. The summed E-state index contributed by atoms with van der Waals surface area (Å²) in [6.45, 7) is 4.06. The first kappa shape index (κ1) is 12.9. The normalized spacial score (nSPS) is 10.7. The summed E-state index contributed by atoms with van der Waals surface area (Å²) in [6, 6.07) is 1.64. The SMILES string of the molecule is CC(C)c1cnc(N)cc1Oc1cnc(N)nc1N. The molecule has 0 unspecified atom stereocenters. The van der Waals surface area contributed by atoms with Gasteiger partial charge in [-0.05, 0) is 5.92 Å². The Kier molecular flexibility index (Phi) is 3.37. The van der Waals surface area contributed by atoms with Gasteiger partial charge in [0.05, 0.1) is 6.20 Å². The minimum atomic E-state index is 0.100. The Morgan fingerprint density at radius 1 is 1.05 bits per heavy atom. The van der Waals surface area contributed by atoms with Crippen molar-refractivity contribution in [2.24, 2.45) is 0 Å². The van der Waals surface area contributed by atoms with E-state index >= 15 is 0 Å². The third-order valence-corrected chi connectivity index (χ3v) is 2.56. The van der Waals surface area contributed by atoms with Gasteiger partial charge in [0.2, 0.25) is 5.95 Å². The molecule has 2 aromatic heterocycles. The molecule has 0 fully saturated rings. The van der Waals surface area contributed by atoms with Crippen molar-refractivity contribution in [2.75, 3.05) is 17.2 Å².